The molecule has 2 amide bonds. The number of hydrogen-bond donors (Lipinski definition) is 1. The van der Waals surface area contributed by atoms with Crippen LogP contribution >= 0.6 is 10.0 Å². The highest BCUT2D eigenvalue weighted by molar-refractivity contribution is 8.38. The van der Waals surface area contributed by atoms with Gasteiger partial charge in [0.15, 0.2) is 0 Å². The Morgan fingerprint density at radius 3 is 2.22 bits per heavy atom. The first-order chi connectivity index (χ1) is 23.4. The largest absolute Gasteiger partial charge is 0.481 e. The summed E-state index contributed by atoms with van der Waals surface area (Å²) in [6.07, 6.45) is 3.09. The molecule has 0 bridgehead atoms. The molecule has 0 saturated heterocycles. The van der Waals surface area contributed by atoms with Gasteiger partial charge in [0.05, 0.1) is 18.4 Å². The second kappa shape index (κ2) is 15.1. The van der Waals surface area contributed by atoms with Crippen molar-refractivity contribution in [3.63, 3.8) is 0 Å². The number of nitrogens with zero attached hydrogens (tertiary/aromatic N) is 5. The van der Waals surface area contributed by atoms with Gasteiger partial charge in [-0.1, -0.05) is 41.5 Å². The number of imidazole rings is 1. The number of pyridine rings is 3. The van der Waals surface area contributed by atoms with Gasteiger partial charge in [-0.3, -0.25) is 14.1 Å². The molecule has 4 heterocycles. The maximum absolute atomic E-state index is 13.5. The predicted octanol–water partition coefficient (Wildman–Crippen LogP) is 8.31. The number of methoxy groups -OCH3 is 1. The summed E-state index contributed by atoms with van der Waals surface area (Å²) in [4.78, 5) is 42.0. The lowest BCUT2D eigenvalue weighted by atomic mass is 10.0. The van der Waals surface area contributed by atoms with Gasteiger partial charge >= 0.3 is 6.09 Å². The Balaban J connectivity index is 1.95. The first-order valence-corrected chi connectivity index (χ1v) is 18.8. The molecule has 4 rings (SSSR count). The number of nitrogens with one attached hydrogen (secondary N) is 1. The Hall–Kier alpha value is -4.56. The number of anilines is 1. The summed E-state index contributed by atoms with van der Waals surface area (Å²) in [5, 5.41) is 7.72. The molecule has 4 aromatic rings. The third-order valence-corrected chi connectivity index (χ3v) is 13.9. The molecule has 10 nitrogen and oxygen atoms in total. The van der Waals surface area contributed by atoms with E-state index >= 15 is 0 Å². The van der Waals surface area contributed by atoms with Gasteiger partial charge in [-0.25, -0.2) is 19.7 Å². The van der Waals surface area contributed by atoms with E-state index in [1.165, 1.54) is 4.90 Å². The van der Waals surface area contributed by atoms with E-state index < -0.39 is 33.7 Å². The molecular weight excluding hydrogens is 649 g/mol. The van der Waals surface area contributed by atoms with Crippen LogP contribution in [-0.4, -0.2) is 77.8 Å². The maximum atomic E-state index is 13.5. The summed E-state index contributed by atoms with van der Waals surface area (Å²) < 4.78 is 13.2. The van der Waals surface area contributed by atoms with E-state index in [0.717, 1.165) is 28.0 Å². The molecule has 1 unspecified atom stereocenters. The topological polar surface area (TPSA) is 111 Å². The SMILES string of the molecule is COc1ncccc1-c1nc2cc(C)ccn2c1-c1ccc(NC(=O)C(C)N(C)C(=O)OC(C)(C)C)nc1C#CS(C(C)C)(C(C)C)C(C)C. The van der Waals surface area contributed by atoms with Crippen LogP contribution in [0.4, 0.5) is 10.6 Å². The van der Waals surface area contributed by atoms with Crippen molar-refractivity contribution in [2.75, 3.05) is 19.5 Å². The van der Waals surface area contributed by atoms with E-state index in [1.807, 2.05) is 47.9 Å². The van der Waals surface area contributed by atoms with Crippen LogP contribution in [0.1, 0.15) is 80.5 Å². The van der Waals surface area contributed by atoms with Crippen molar-refractivity contribution < 1.29 is 19.1 Å². The lowest BCUT2D eigenvalue weighted by Gasteiger charge is -2.46. The minimum absolute atomic E-state index is 0.317. The van der Waals surface area contributed by atoms with Crippen molar-refractivity contribution in [2.24, 2.45) is 0 Å². The van der Waals surface area contributed by atoms with Gasteiger partial charge < -0.3 is 14.8 Å². The van der Waals surface area contributed by atoms with Crippen molar-refractivity contribution >= 4 is 33.5 Å². The summed E-state index contributed by atoms with van der Waals surface area (Å²) in [6.45, 7) is 22.5. The van der Waals surface area contributed by atoms with Crippen molar-refractivity contribution in [3.8, 4) is 39.6 Å². The van der Waals surface area contributed by atoms with Crippen LogP contribution in [0.3, 0.4) is 0 Å². The highest BCUT2D eigenvalue weighted by atomic mass is 32.3. The smallest absolute Gasteiger partial charge is 0.410 e. The fourth-order valence-corrected chi connectivity index (χ4v) is 10.4. The van der Waals surface area contributed by atoms with Crippen molar-refractivity contribution in [2.45, 2.75) is 104 Å². The average molecular weight is 701 g/mol. The van der Waals surface area contributed by atoms with E-state index in [2.05, 4.69) is 63.0 Å². The van der Waals surface area contributed by atoms with Crippen LogP contribution in [0.5, 0.6) is 5.88 Å². The molecule has 4 aromatic heterocycles. The molecule has 268 valence electrons. The Kier molecular flexibility index (Phi) is 11.6. The summed E-state index contributed by atoms with van der Waals surface area (Å²) in [7, 11) is 1.70. The summed E-state index contributed by atoms with van der Waals surface area (Å²) in [6, 6.07) is 10.7. The van der Waals surface area contributed by atoms with Crippen LogP contribution in [0.25, 0.3) is 28.2 Å². The molecule has 1 atom stereocenters. The number of fused-ring (bicyclic) bond motifs is 1. The molecule has 0 fully saturated rings. The molecule has 11 heteroatoms. The van der Waals surface area contributed by atoms with Crippen molar-refractivity contribution in [3.05, 3.63) is 60.0 Å². The second-order valence-electron chi connectivity index (χ2n) is 14.3. The number of aryl methyl sites for hydroxylation is 1. The number of carbonyl (C=O) groups excluding carboxylic acids is 2. The lowest BCUT2D eigenvalue weighted by Crippen LogP contribution is -2.45. The van der Waals surface area contributed by atoms with Gasteiger partial charge in [0.2, 0.25) is 11.8 Å². The van der Waals surface area contributed by atoms with Gasteiger partial charge in [-0.05, 0) is 104 Å². The Morgan fingerprint density at radius 2 is 1.62 bits per heavy atom. The van der Waals surface area contributed by atoms with Gasteiger partial charge in [0, 0.05) is 25.0 Å². The minimum Gasteiger partial charge on any atom is -0.481 e. The normalized spacial score (nSPS) is 12.9. The van der Waals surface area contributed by atoms with Gasteiger partial charge in [-0.2, -0.15) is 10.0 Å². The summed E-state index contributed by atoms with van der Waals surface area (Å²) in [5.74, 6) is 3.89. The molecule has 0 radical (unpaired) electrons. The second-order valence-corrected chi connectivity index (χ2v) is 18.8. The highest BCUT2D eigenvalue weighted by Crippen LogP contribution is 2.59. The van der Waals surface area contributed by atoms with E-state index in [9.17, 15) is 9.59 Å². The van der Waals surface area contributed by atoms with E-state index in [-0.39, 0.29) is 0 Å². The Labute approximate surface area is 298 Å². The van der Waals surface area contributed by atoms with Crippen molar-refractivity contribution in [1.82, 2.24) is 24.3 Å². The predicted molar refractivity (Wildman–Crippen MR) is 205 cm³/mol. The van der Waals surface area contributed by atoms with Gasteiger partial charge in [0.25, 0.3) is 0 Å². The van der Waals surface area contributed by atoms with Crippen molar-refractivity contribution in [1.29, 1.82) is 0 Å². The molecule has 0 spiro atoms. The van der Waals surface area contributed by atoms with E-state index in [0.29, 0.717) is 38.8 Å². The van der Waals surface area contributed by atoms with Gasteiger partial charge in [0.1, 0.15) is 34.5 Å². The quantitative estimate of drug-likeness (QED) is 0.175. The standard InChI is InChI=1S/C39H52N6O4S/c1-24(2)50(25(3)4,26(5)6)22-19-31-29(16-17-32(41-31)42-36(46)28(8)44(12)38(47)49-39(9,10)11)35-34(30-15-14-20-40-37(30)48-13)43-33-23-27(7)18-21-45(33)35/h14-18,20-21,23-26,28H,1-13H3,(H,41,42,46). The van der Waals surface area contributed by atoms with E-state index in [1.54, 1.807) is 54.1 Å². The lowest BCUT2D eigenvalue weighted by molar-refractivity contribution is -0.120. The average Bonchev–Trinajstić information content (AvgIpc) is 3.41. The molecule has 0 aliphatic heterocycles. The zero-order valence-electron chi connectivity index (χ0n) is 31.7. The molecular formula is C39H52N6O4S. The molecule has 1 N–H and O–H groups in total. The number of rotatable bonds is 9. The molecule has 50 heavy (non-hydrogen) atoms. The monoisotopic (exact) mass is 700 g/mol. The van der Waals surface area contributed by atoms with Crippen LogP contribution in [0.2, 0.25) is 0 Å². The molecule has 0 aromatic carbocycles. The third-order valence-electron chi connectivity index (χ3n) is 8.73. The fraction of sp³-hybridized carbons (Fsp3) is 0.462. The minimum atomic E-state index is -1.44. The fourth-order valence-electron chi connectivity index (χ4n) is 6.16. The maximum Gasteiger partial charge on any atom is 0.410 e. The zero-order valence-corrected chi connectivity index (χ0v) is 32.5. The van der Waals surface area contributed by atoms with Crippen LogP contribution in [0.15, 0.2) is 48.8 Å². The summed E-state index contributed by atoms with van der Waals surface area (Å²) in [5.41, 5.74) is 4.55. The van der Waals surface area contributed by atoms with E-state index in [4.69, 9.17) is 19.4 Å². The van der Waals surface area contributed by atoms with Gasteiger partial charge in [-0.15, -0.1) is 0 Å². The first-order valence-electron chi connectivity index (χ1n) is 17.0. The zero-order chi connectivity index (χ0) is 37.1. The number of ether oxygens (including phenoxy) is 2. The van der Waals surface area contributed by atoms with Crippen LogP contribution in [-0.2, 0) is 9.53 Å². The molecule has 0 aliphatic carbocycles. The summed E-state index contributed by atoms with van der Waals surface area (Å²) >= 11 is 0. The Morgan fingerprint density at radius 1 is 0.960 bits per heavy atom. The number of aromatic nitrogens is 4. The van der Waals surface area contributed by atoms with Crippen LogP contribution in [0, 0.1) is 18.1 Å². The molecule has 0 saturated carbocycles. The Bertz CT molecular complexity index is 1910. The number of carbonyl (C=O) groups is 2. The van der Waals surface area contributed by atoms with Crippen LogP contribution < -0.4 is 10.1 Å². The molecule has 0 aliphatic rings. The highest BCUT2D eigenvalue weighted by Gasteiger charge is 2.33. The number of amides is 2. The number of likely N-dealkylation sites (N-methyl/N-ethyl adjacent to an activating group) is 1. The number of hydrogen-bond acceptors (Lipinski definition) is 7. The first kappa shape index (κ1) is 38.2. The third kappa shape index (κ3) is 7.91.